The quantitative estimate of drug-likeness (QED) is 0.392. The first-order chi connectivity index (χ1) is 18.0. The molecule has 5 rings (SSSR count). The van der Waals surface area contributed by atoms with Gasteiger partial charge in [-0.05, 0) is 61.2 Å². The van der Waals surface area contributed by atoms with Gasteiger partial charge in [-0.25, -0.2) is 9.37 Å². The second kappa shape index (κ2) is 10.9. The minimum absolute atomic E-state index is 0.0374. The number of fused-ring (bicyclic) bond motifs is 1. The molecule has 0 atom stereocenters. The van der Waals surface area contributed by atoms with Crippen LogP contribution in [0.5, 0.6) is 0 Å². The average molecular weight is 499 g/mol. The number of rotatable bonds is 7. The molecule has 0 aliphatic carbocycles. The molecule has 0 radical (unpaired) electrons. The van der Waals surface area contributed by atoms with Crippen LogP contribution >= 0.6 is 0 Å². The summed E-state index contributed by atoms with van der Waals surface area (Å²) in [4.78, 5) is 32.4. The fourth-order valence-electron chi connectivity index (χ4n) is 4.96. The predicted octanol–water partition coefficient (Wildman–Crippen LogP) is 4.96. The Bertz CT molecular complexity index is 1410. The number of nitrogens with one attached hydrogen (secondary N) is 1. The molecule has 1 aliphatic rings. The standard InChI is InChI=1S/C30H31FN4O2/c1-21-11-12-22(19-25(21)31)20-32-30(37)23-15-17-34(18-16-23)29(36)14-13-28-33-26-9-5-6-10-27(26)35(28)24-7-3-2-4-8-24/h2-12,19,23H,13-18,20H2,1H3,(H,32,37). The largest absolute Gasteiger partial charge is 0.352 e. The third-order valence-electron chi connectivity index (χ3n) is 7.13. The van der Waals surface area contributed by atoms with Gasteiger partial charge < -0.3 is 10.2 Å². The van der Waals surface area contributed by atoms with E-state index in [1.807, 2.05) is 65.6 Å². The Morgan fingerprint density at radius 2 is 1.73 bits per heavy atom. The molecule has 37 heavy (non-hydrogen) atoms. The lowest BCUT2D eigenvalue weighted by molar-refractivity contribution is -0.135. The van der Waals surface area contributed by atoms with Crippen molar-refractivity contribution in [1.29, 1.82) is 0 Å². The SMILES string of the molecule is Cc1ccc(CNC(=O)C2CCN(C(=O)CCc3nc4ccccc4n3-c3ccccc3)CC2)cc1F. The molecule has 2 heterocycles. The number of carbonyl (C=O) groups is 2. The summed E-state index contributed by atoms with van der Waals surface area (Å²) in [7, 11) is 0. The van der Waals surface area contributed by atoms with Gasteiger partial charge in [0.2, 0.25) is 11.8 Å². The first-order valence-corrected chi connectivity index (χ1v) is 12.8. The van der Waals surface area contributed by atoms with Gasteiger partial charge in [-0.2, -0.15) is 0 Å². The smallest absolute Gasteiger partial charge is 0.223 e. The van der Waals surface area contributed by atoms with Gasteiger partial charge >= 0.3 is 0 Å². The number of amides is 2. The summed E-state index contributed by atoms with van der Waals surface area (Å²) < 4.78 is 15.9. The van der Waals surface area contributed by atoms with E-state index in [1.54, 1.807) is 13.0 Å². The molecule has 6 nitrogen and oxygen atoms in total. The number of aryl methyl sites for hydroxylation is 2. The van der Waals surface area contributed by atoms with E-state index in [0.717, 1.165) is 28.1 Å². The normalized spacial score (nSPS) is 14.2. The van der Waals surface area contributed by atoms with Crippen molar-refractivity contribution in [2.75, 3.05) is 13.1 Å². The lowest BCUT2D eigenvalue weighted by atomic mass is 9.95. The lowest BCUT2D eigenvalue weighted by Crippen LogP contribution is -2.43. The molecule has 190 valence electrons. The highest BCUT2D eigenvalue weighted by atomic mass is 19.1. The van der Waals surface area contributed by atoms with Crippen molar-refractivity contribution in [1.82, 2.24) is 19.8 Å². The maximum Gasteiger partial charge on any atom is 0.223 e. The molecule has 2 amide bonds. The number of hydrogen-bond acceptors (Lipinski definition) is 3. The zero-order chi connectivity index (χ0) is 25.8. The van der Waals surface area contributed by atoms with E-state index in [9.17, 15) is 14.0 Å². The van der Waals surface area contributed by atoms with Crippen molar-refractivity contribution < 1.29 is 14.0 Å². The highest BCUT2D eigenvalue weighted by Gasteiger charge is 2.27. The van der Waals surface area contributed by atoms with Crippen LogP contribution in [0.3, 0.4) is 0 Å². The number of hydrogen-bond donors (Lipinski definition) is 1. The van der Waals surface area contributed by atoms with Gasteiger partial charge in [0.1, 0.15) is 11.6 Å². The molecule has 7 heteroatoms. The zero-order valence-corrected chi connectivity index (χ0v) is 21.0. The van der Waals surface area contributed by atoms with Gasteiger partial charge in [0.05, 0.1) is 11.0 Å². The molecule has 0 bridgehead atoms. The summed E-state index contributed by atoms with van der Waals surface area (Å²) >= 11 is 0. The van der Waals surface area contributed by atoms with E-state index < -0.39 is 0 Å². The Labute approximate surface area is 216 Å². The van der Waals surface area contributed by atoms with Crippen LogP contribution in [-0.4, -0.2) is 39.4 Å². The summed E-state index contributed by atoms with van der Waals surface area (Å²) in [6, 6.07) is 23.1. The highest BCUT2D eigenvalue weighted by molar-refractivity contribution is 5.81. The number of carbonyl (C=O) groups excluding carboxylic acids is 2. The van der Waals surface area contributed by atoms with Crippen molar-refractivity contribution in [3.8, 4) is 5.69 Å². The van der Waals surface area contributed by atoms with Crippen LogP contribution in [0.4, 0.5) is 4.39 Å². The van der Waals surface area contributed by atoms with Gasteiger partial charge in [-0.15, -0.1) is 0 Å². The molecule has 1 aliphatic heterocycles. The van der Waals surface area contributed by atoms with Crippen molar-refractivity contribution in [3.63, 3.8) is 0 Å². The topological polar surface area (TPSA) is 67.2 Å². The van der Waals surface area contributed by atoms with Crippen molar-refractivity contribution in [2.45, 2.75) is 39.2 Å². The Hall–Kier alpha value is -4.00. The molecule has 1 aromatic heterocycles. The average Bonchev–Trinajstić information content (AvgIpc) is 3.31. The van der Waals surface area contributed by atoms with E-state index in [0.29, 0.717) is 50.9 Å². The fourth-order valence-corrected chi connectivity index (χ4v) is 4.96. The first kappa shape index (κ1) is 24.7. The zero-order valence-electron chi connectivity index (χ0n) is 21.0. The van der Waals surface area contributed by atoms with E-state index in [2.05, 4.69) is 9.88 Å². The molecule has 1 fully saturated rings. The minimum Gasteiger partial charge on any atom is -0.352 e. The molecule has 0 saturated carbocycles. The number of imidazole rings is 1. The third-order valence-corrected chi connectivity index (χ3v) is 7.13. The van der Waals surface area contributed by atoms with Crippen LogP contribution in [0.25, 0.3) is 16.7 Å². The maximum absolute atomic E-state index is 13.8. The van der Waals surface area contributed by atoms with Crippen LogP contribution in [-0.2, 0) is 22.6 Å². The second-order valence-electron chi connectivity index (χ2n) is 9.64. The number of piperidine rings is 1. The van der Waals surface area contributed by atoms with Crippen molar-refractivity contribution >= 4 is 22.8 Å². The number of para-hydroxylation sites is 3. The number of benzene rings is 3. The predicted molar refractivity (Wildman–Crippen MR) is 142 cm³/mol. The van der Waals surface area contributed by atoms with Crippen LogP contribution in [0.2, 0.25) is 0 Å². The Morgan fingerprint density at radius 3 is 2.49 bits per heavy atom. The van der Waals surface area contributed by atoms with Gasteiger partial charge in [-0.1, -0.05) is 42.5 Å². The molecular weight excluding hydrogens is 467 g/mol. The lowest BCUT2D eigenvalue weighted by Gasteiger charge is -2.31. The Morgan fingerprint density at radius 1 is 1.00 bits per heavy atom. The summed E-state index contributed by atoms with van der Waals surface area (Å²) in [5, 5.41) is 2.92. The molecule has 0 spiro atoms. The highest BCUT2D eigenvalue weighted by Crippen LogP contribution is 2.23. The monoisotopic (exact) mass is 498 g/mol. The van der Waals surface area contributed by atoms with Crippen molar-refractivity contribution in [2.24, 2.45) is 5.92 Å². The fraction of sp³-hybridized carbons (Fsp3) is 0.300. The number of nitrogens with zero attached hydrogens (tertiary/aromatic N) is 3. The van der Waals surface area contributed by atoms with E-state index >= 15 is 0 Å². The first-order valence-electron chi connectivity index (χ1n) is 12.8. The van der Waals surface area contributed by atoms with E-state index in [1.165, 1.54) is 6.07 Å². The summed E-state index contributed by atoms with van der Waals surface area (Å²) in [6.45, 7) is 3.14. The Kier molecular flexibility index (Phi) is 7.30. The summed E-state index contributed by atoms with van der Waals surface area (Å²) in [5.41, 5.74) is 4.29. The van der Waals surface area contributed by atoms with Gasteiger partial charge in [0.15, 0.2) is 0 Å². The van der Waals surface area contributed by atoms with Crippen LogP contribution in [0.1, 0.15) is 36.2 Å². The van der Waals surface area contributed by atoms with E-state index in [-0.39, 0.29) is 23.5 Å². The van der Waals surface area contributed by atoms with Crippen molar-refractivity contribution in [3.05, 3.63) is 95.6 Å². The summed E-state index contributed by atoms with van der Waals surface area (Å²) in [5.74, 6) is 0.507. The van der Waals surface area contributed by atoms with Crippen LogP contribution in [0, 0.1) is 18.7 Å². The van der Waals surface area contributed by atoms with Gasteiger partial charge in [-0.3, -0.25) is 14.2 Å². The summed E-state index contributed by atoms with van der Waals surface area (Å²) in [6.07, 6.45) is 2.16. The van der Waals surface area contributed by atoms with E-state index in [4.69, 9.17) is 4.98 Å². The molecule has 1 saturated heterocycles. The molecule has 1 N–H and O–H groups in total. The second-order valence-corrected chi connectivity index (χ2v) is 9.64. The molecular formula is C30H31FN4O2. The maximum atomic E-state index is 13.8. The van der Waals surface area contributed by atoms with Crippen LogP contribution in [0.15, 0.2) is 72.8 Å². The Balaban J connectivity index is 1.16. The third kappa shape index (κ3) is 5.56. The van der Waals surface area contributed by atoms with Gasteiger partial charge in [0.25, 0.3) is 0 Å². The van der Waals surface area contributed by atoms with Crippen LogP contribution < -0.4 is 5.32 Å². The minimum atomic E-state index is -0.266. The number of likely N-dealkylation sites (tertiary alicyclic amines) is 1. The number of halogens is 1. The van der Waals surface area contributed by atoms with Gasteiger partial charge in [0, 0.05) is 44.1 Å². The molecule has 4 aromatic rings. The number of aromatic nitrogens is 2. The molecule has 3 aromatic carbocycles. The molecule has 0 unspecified atom stereocenters.